The van der Waals surface area contributed by atoms with Gasteiger partial charge in [0.15, 0.2) is 0 Å². The summed E-state index contributed by atoms with van der Waals surface area (Å²) in [6.45, 7) is 23.5. The maximum Gasteiger partial charge on any atom is 0.0453 e. The van der Waals surface area contributed by atoms with Gasteiger partial charge in [-0.2, -0.15) is 0 Å². The van der Waals surface area contributed by atoms with Gasteiger partial charge in [-0.3, -0.25) is 0 Å². The molecule has 2 unspecified atom stereocenters. The standard InChI is InChI=1S/2C15H24NP/c2*1-10(2)17(11(3)4)14-8-6-7-13-9-12(5)16-15(13)14/h2*6-8,10-12,16H,9H2,1-5H3. The number of anilines is 2. The highest BCUT2D eigenvalue weighted by molar-refractivity contribution is 7.67. The fourth-order valence-electron chi connectivity index (χ4n) is 5.84. The first-order valence-electron chi connectivity index (χ1n) is 13.3. The van der Waals surface area contributed by atoms with Crippen molar-refractivity contribution in [2.75, 3.05) is 10.6 Å². The largest absolute Gasteiger partial charge is 0.382 e. The van der Waals surface area contributed by atoms with Gasteiger partial charge in [-0.1, -0.05) is 108 Å². The smallest absolute Gasteiger partial charge is 0.0453 e. The Morgan fingerprint density at radius 2 is 0.912 bits per heavy atom. The molecule has 2 aromatic rings. The molecule has 0 fully saturated rings. The van der Waals surface area contributed by atoms with Gasteiger partial charge in [-0.15, -0.1) is 0 Å². The van der Waals surface area contributed by atoms with Crippen molar-refractivity contribution in [1.82, 2.24) is 0 Å². The Hall–Kier alpha value is -1.10. The van der Waals surface area contributed by atoms with Crippen molar-refractivity contribution in [3.8, 4) is 0 Å². The second-order valence-electron chi connectivity index (χ2n) is 11.3. The van der Waals surface area contributed by atoms with Crippen molar-refractivity contribution in [1.29, 1.82) is 0 Å². The molecule has 2 aromatic carbocycles. The van der Waals surface area contributed by atoms with Crippen LogP contribution in [0.2, 0.25) is 0 Å². The van der Waals surface area contributed by atoms with E-state index < -0.39 is 0 Å². The van der Waals surface area contributed by atoms with Crippen LogP contribution in [0.1, 0.15) is 80.4 Å². The number of rotatable bonds is 6. The van der Waals surface area contributed by atoms with Crippen LogP contribution < -0.4 is 21.2 Å². The van der Waals surface area contributed by atoms with Crippen LogP contribution in [-0.2, 0) is 12.8 Å². The number of para-hydroxylation sites is 2. The molecular weight excluding hydrogens is 450 g/mol. The molecule has 4 rings (SSSR count). The van der Waals surface area contributed by atoms with E-state index in [1.807, 2.05) is 0 Å². The second kappa shape index (κ2) is 11.8. The highest BCUT2D eigenvalue weighted by Crippen LogP contribution is 2.49. The number of nitrogens with one attached hydrogen (secondary N) is 2. The van der Waals surface area contributed by atoms with Gasteiger partial charge in [0.1, 0.15) is 0 Å². The highest BCUT2D eigenvalue weighted by atomic mass is 31.1. The van der Waals surface area contributed by atoms with Gasteiger partial charge in [0.2, 0.25) is 0 Å². The zero-order chi connectivity index (χ0) is 25.2. The summed E-state index contributed by atoms with van der Waals surface area (Å²) >= 11 is 0. The summed E-state index contributed by atoms with van der Waals surface area (Å²) < 4.78 is 0. The number of fused-ring (bicyclic) bond motifs is 2. The average molecular weight is 499 g/mol. The maximum atomic E-state index is 3.67. The zero-order valence-electron chi connectivity index (χ0n) is 23.2. The Kier molecular flexibility index (Phi) is 9.50. The molecule has 0 saturated heterocycles. The normalized spacial score (nSPS) is 18.9. The summed E-state index contributed by atoms with van der Waals surface area (Å²) in [5.41, 5.74) is 8.97. The molecule has 2 aliphatic heterocycles. The Morgan fingerprint density at radius 1 is 0.588 bits per heavy atom. The first kappa shape index (κ1) is 27.5. The molecule has 2 N–H and O–H groups in total. The van der Waals surface area contributed by atoms with Crippen LogP contribution in [0.5, 0.6) is 0 Å². The molecule has 0 amide bonds. The molecule has 188 valence electrons. The third kappa shape index (κ3) is 6.17. The molecule has 0 radical (unpaired) electrons. The number of hydrogen-bond acceptors (Lipinski definition) is 2. The van der Waals surface area contributed by atoms with Gasteiger partial charge >= 0.3 is 0 Å². The van der Waals surface area contributed by atoms with Gasteiger partial charge in [0.25, 0.3) is 0 Å². The minimum Gasteiger partial charge on any atom is -0.382 e. The SMILES string of the molecule is CC1Cc2cccc(P(C(C)C)C(C)C)c2N1.CC1Cc2cccc(P(C(C)C)C(C)C)c2N1. The second-order valence-corrected chi connectivity index (χ2v) is 18.0. The first-order valence-corrected chi connectivity index (χ1v) is 16.3. The molecule has 2 atom stereocenters. The molecule has 2 heterocycles. The predicted molar refractivity (Wildman–Crippen MR) is 160 cm³/mol. The fourth-order valence-corrected chi connectivity index (χ4v) is 11.9. The predicted octanol–water partition coefficient (Wildman–Crippen LogP) is 7.93. The van der Waals surface area contributed by atoms with E-state index in [0.717, 1.165) is 22.6 Å². The van der Waals surface area contributed by atoms with Crippen molar-refractivity contribution < 1.29 is 0 Å². The summed E-state index contributed by atoms with van der Waals surface area (Å²) in [5, 5.41) is 10.5. The quantitative estimate of drug-likeness (QED) is 0.395. The Labute approximate surface area is 212 Å². The summed E-state index contributed by atoms with van der Waals surface area (Å²) in [5.74, 6) is 0. The van der Waals surface area contributed by atoms with E-state index >= 15 is 0 Å². The molecule has 0 spiro atoms. The average Bonchev–Trinajstić information content (AvgIpc) is 3.29. The van der Waals surface area contributed by atoms with E-state index in [1.54, 1.807) is 10.6 Å². The zero-order valence-corrected chi connectivity index (χ0v) is 25.0. The first-order chi connectivity index (χ1) is 16.0. The molecule has 2 aliphatic rings. The highest BCUT2D eigenvalue weighted by Gasteiger charge is 2.28. The molecule has 34 heavy (non-hydrogen) atoms. The molecule has 4 heteroatoms. The molecule has 0 aromatic heterocycles. The lowest BCUT2D eigenvalue weighted by molar-refractivity contribution is 0.839. The Morgan fingerprint density at radius 3 is 1.21 bits per heavy atom. The molecule has 2 nitrogen and oxygen atoms in total. The topological polar surface area (TPSA) is 24.1 Å². The minimum absolute atomic E-state index is 0.0581. The van der Waals surface area contributed by atoms with E-state index in [4.69, 9.17) is 0 Å². The van der Waals surface area contributed by atoms with Crippen LogP contribution in [0.15, 0.2) is 36.4 Å². The summed E-state index contributed by atoms with van der Waals surface area (Å²) in [4.78, 5) is 0. The maximum absolute atomic E-state index is 3.67. The number of hydrogen-bond donors (Lipinski definition) is 2. The van der Waals surface area contributed by atoms with Crippen LogP contribution in [0.25, 0.3) is 0 Å². The monoisotopic (exact) mass is 498 g/mol. The summed E-state index contributed by atoms with van der Waals surface area (Å²) in [7, 11) is -0.116. The van der Waals surface area contributed by atoms with Gasteiger partial charge in [0.05, 0.1) is 0 Å². The Balaban J connectivity index is 0.000000191. The van der Waals surface area contributed by atoms with E-state index in [0.29, 0.717) is 12.1 Å². The molecule has 0 saturated carbocycles. The van der Waals surface area contributed by atoms with E-state index in [-0.39, 0.29) is 15.8 Å². The van der Waals surface area contributed by atoms with Crippen LogP contribution in [-0.4, -0.2) is 34.7 Å². The van der Waals surface area contributed by atoms with Gasteiger partial charge in [0, 0.05) is 23.5 Å². The lowest BCUT2D eigenvalue weighted by atomic mass is 10.1. The third-order valence-electron chi connectivity index (χ3n) is 6.87. The van der Waals surface area contributed by atoms with Crippen molar-refractivity contribution in [2.45, 2.75) is 117 Å². The van der Waals surface area contributed by atoms with Crippen LogP contribution >= 0.6 is 15.8 Å². The summed E-state index contributed by atoms with van der Waals surface area (Å²) in [6.07, 6.45) is 2.37. The van der Waals surface area contributed by atoms with Crippen LogP contribution in [0.4, 0.5) is 11.4 Å². The minimum atomic E-state index is -0.0581. The van der Waals surface area contributed by atoms with Crippen molar-refractivity contribution in [2.24, 2.45) is 0 Å². The van der Waals surface area contributed by atoms with Crippen LogP contribution in [0, 0.1) is 0 Å². The third-order valence-corrected chi connectivity index (χ3v) is 13.2. The van der Waals surface area contributed by atoms with Gasteiger partial charge in [-0.25, -0.2) is 0 Å². The van der Waals surface area contributed by atoms with Crippen molar-refractivity contribution >= 4 is 37.8 Å². The fraction of sp³-hybridized carbons (Fsp3) is 0.600. The van der Waals surface area contributed by atoms with Crippen LogP contribution in [0.3, 0.4) is 0 Å². The molecular formula is C30H48N2P2. The van der Waals surface area contributed by atoms with Crippen molar-refractivity contribution in [3.05, 3.63) is 47.5 Å². The summed E-state index contributed by atoms with van der Waals surface area (Å²) in [6, 6.07) is 14.9. The van der Waals surface area contributed by atoms with E-state index in [2.05, 4.69) is 116 Å². The van der Waals surface area contributed by atoms with E-state index in [9.17, 15) is 0 Å². The van der Waals surface area contributed by atoms with Gasteiger partial charge < -0.3 is 10.6 Å². The van der Waals surface area contributed by atoms with Crippen molar-refractivity contribution in [3.63, 3.8) is 0 Å². The lowest BCUT2D eigenvalue weighted by Crippen LogP contribution is -2.19. The Bertz CT molecular complexity index is 857. The lowest BCUT2D eigenvalue weighted by Gasteiger charge is -2.28. The van der Waals surface area contributed by atoms with Gasteiger partial charge in [-0.05, 0) is 71.1 Å². The van der Waals surface area contributed by atoms with E-state index in [1.165, 1.54) is 35.3 Å². The molecule has 0 bridgehead atoms. The molecule has 0 aliphatic carbocycles. The number of benzene rings is 2.